The van der Waals surface area contributed by atoms with Crippen molar-refractivity contribution in [2.24, 2.45) is 0 Å². The Hall–Kier alpha value is -1.40. The first-order valence-corrected chi connectivity index (χ1v) is 6.79. The molecule has 0 bridgehead atoms. The van der Waals surface area contributed by atoms with Crippen molar-refractivity contribution in [3.63, 3.8) is 0 Å². The van der Waals surface area contributed by atoms with E-state index in [1.807, 2.05) is 20.0 Å². The standard InChI is InChI=1S/C13H22N4O2/c1-3-18-9-13-16-11(14-2)8-12(17-13)15-10-4-6-19-7-5-10/h8,10H,3-7,9H2,1-2H3,(H2,14,15,16,17). The number of aromatic nitrogens is 2. The van der Waals surface area contributed by atoms with E-state index >= 15 is 0 Å². The van der Waals surface area contributed by atoms with Crippen LogP contribution in [0.3, 0.4) is 0 Å². The van der Waals surface area contributed by atoms with Crippen LogP contribution in [-0.2, 0) is 16.1 Å². The molecule has 0 radical (unpaired) electrons. The van der Waals surface area contributed by atoms with E-state index in [1.54, 1.807) is 0 Å². The molecule has 1 saturated heterocycles. The fraction of sp³-hybridized carbons (Fsp3) is 0.692. The second-order valence-corrected chi connectivity index (χ2v) is 4.47. The molecule has 1 aromatic heterocycles. The van der Waals surface area contributed by atoms with Gasteiger partial charge < -0.3 is 20.1 Å². The lowest BCUT2D eigenvalue weighted by molar-refractivity contribution is 0.0903. The van der Waals surface area contributed by atoms with Crippen molar-refractivity contribution in [1.29, 1.82) is 0 Å². The van der Waals surface area contributed by atoms with Gasteiger partial charge in [0.2, 0.25) is 0 Å². The van der Waals surface area contributed by atoms with E-state index < -0.39 is 0 Å². The average molecular weight is 266 g/mol. The predicted octanol–water partition coefficient (Wildman–Crippen LogP) is 1.65. The van der Waals surface area contributed by atoms with Gasteiger partial charge in [-0.25, -0.2) is 9.97 Å². The van der Waals surface area contributed by atoms with Gasteiger partial charge in [-0.1, -0.05) is 0 Å². The van der Waals surface area contributed by atoms with Gasteiger partial charge in [-0.3, -0.25) is 0 Å². The molecule has 0 amide bonds. The van der Waals surface area contributed by atoms with Crippen molar-refractivity contribution in [1.82, 2.24) is 9.97 Å². The van der Waals surface area contributed by atoms with Gasteiger partial charge >= 0.3 is 0 Å². The minimum atomic E-state index is 0.424. The summed E-state index contributed by atoms with van der Waals surface area (Å²) >= 11 is 0. The summed E-state index contributed by atoms with van der Waals surface area (Å²) in [5.74, 6) is 2.35. The molecule has 0 aromatic carbocycles. The van der Waals surface area contributed by atoms with Gasteiger partial charge in [0.15, 0.2) is 5.82 Å². The third-order valence-electron chi connectivity index (χ3n) is 3.04. The quantitative estimate of drug-likeness (QED) is 0.816. The normalized spacial score (nSPS) is 16.3. The van der Waals surface area contributed by atoms with E-state index in [0.29, 0.717) is 25.1 Å². The highest BCUT2D eigenvalue weighted by atomic mass is 16.5. The first kappa shape index (κ1) is 14.0. The Balaban J connectivity index is 2.04. The SMILES string of the molecule is CCOCc1nc(NC)cc(NC2CCOCC2)n1. The third kappa shape index (κ3) is 4.33. The lowest BCUT2D eigenvalue weighted by atomic mass is 10.1. The molecule has 106 valence electrons. The average Bonchev–Trinajstić information content (AvgIpc) is 2.46. The monoisotopic (exact) mass is 266 g/mol. The van der Waals surface area contributed by atoms with Crippen LogP contribution in [0.25, 0.3) is 0 Å². The zero-order chi connectivity index (χ0) is 13.5. The zero-order valence-electron chi connectivity index (χ0n) is 11.6. The molecule has 2 N–H and O–H groups in total. The topological polar surface area (TPSA) is 68.3 Å². The van der Waals surface area contributed by atoms with Crippen LogP contribution in [0.5, 0.6) is 0 Å². The molecule has 0 aliphatic carbocycles. The van der Waals surface area contributed by atoms with Gasteiger partial charge in [0.1, 0.15) is 18.2 Å². The van der Waals surface area contributed by atoms with Crippen molar-refractivity contribution < 1.29 is 9.47 Å². The van der Waals surface area contributed by atoms with E-state index in [1.165, 1.54) is 0 Å². The van der Waals surface area contributed by atoms with Crippen molar-refractivity contribution in [2.45, 2.75) is 32.4 Å². The van der Waals surface area contributed by atoms with E-state index in [-0.39, 0.29) is 0 Å². The zero-order valence-corrected chi connectivity index (χ0v) is 11.6. The van der Waals surface area contributed by atoms with E-state index in [0.717, 1.165) is 37.7 Å². The number of ether oxygens (including phenoxy) is 2. The molecule has 0 saturated carbocycles. The highest BCUT2D eigenvalue weighted by Gasteiger charge is 2.14. The Morgan fingerprint density at radius 2 is 2.05 bits per heavy atom. The molecule has 2 rings (SSSR count). The fourth-order valence-corrected chi connectivity index (χ4v) is 2.01. The summed E-state index contributed by atoms with van der Waals surface area (Å²) in [6.45, 7) is 4.69. The maximum Gasteiger partial charge on any atom is 0.158 e. The summed E-state index contributed by atoms with van der Waals surface area (Å²) in [5, 5.41) is 6.50. The van der Waals surface area contributed by atoms with E-state index in [4.69, 9.17) is 9.47 Å². The maximum absolute atomic E-state index is 5.36. The van der Waals surface area contributed by atoms with Gasteiger partial charge in [-0.05, 0) is 19.8 Å². The van der Waals surface area contributed by atoms with Crippen molar-refractivity contribution in [3.05, 3.63) is 11.9 Å². The predicted molar refractivity (Wildman–Crippen MR) is 74.4 cm³/mol. The number of anilines is 2. The van der Waals surface area contributed by atoms with Crippen LogP contribution in [0.4, 0.5) is 11.6 Å². The molecule has 6 heteroatoms. The summed E-state index contributed by atoms with van der Waals surface area (Å²) in [6, 6.07) is 2.35. The Morgan fingerprint density at radius 1 is 1.32 bits per heavy atom. The van der Waals surface area contributed by atoms with Gasteiger partial charge in [-0.2, -0.15) is 0 Å². The molecule has 6 nitrogen and oxygen atoms in total. The Labute approximate surface area is 113 Å². The molecule has 2 heterocycles. The van der Waals surface area contributed by atoms with Crippen molar-refractivity contribution >= 4 is 11.6 Å². The highest BCUT2D eigenvalue weighted by Crippen LogP contribution is 2.16. The summed E-state index contributed by atoms with van der Waals surface area (Å²) in [6.07, 6.45) is 2.03. The Kier molecular flexibility index (Phi) is 5.35. The molecule has 1 fully saturated rings. The van der Waals surface area contributed by atoms with Crippen LogP contribution in [0.15, 0.2) is 6.07 Å². The van der Waals surface area contributed by atoms with Crippen molar-refractivity contribution in [3.8, 4) is 0 Å². The first-order valence-electron chi connectivity index (χ1n) is 6.79. The lowest BCUT2D eigenvalue weighted by Crippen LogP contribution is -2.28. The van der Waals surface area contributed by atoms with Crippen molar-refractivity contribution in [2.75, 3.05) is 37.5 Å². The summed E-state index contributed by atoms with van der Waals surface area (Å²) in [7, 11) is 1.85. The third-order valence-corrected chi connectivity index (χ3v) is 3.04. The lowest BCUT2D eigenvalue weighted by Gasteiger charge is -2.23. The van der Waals surface area contributed by atoms with Gasteiger partial charge in [-0.15, -0.1) is 0 Å². The molecule has 1 aliphatic heterocycles. The van der Waals surface area contributed by atoms with Crippen LogP contribution in [0.2, 0.25) is 0 Å². The summed E-state index contributed by atoms with van der Waals surface area (Å²) in [5.41, 5.74) is 0. The number of rotatable bonds is 6. The van der Waals surface area contributed by atoms with Gasteiger partial charge in [0.25, 0.3) is 0 Å². The smallest absolute Gasteiger partial charge is 0.158 e. The maximum atomic E-state index is 5.36. The largest absolute Gasteiger partial charge is 0.381 e. The van der Waals surface area contributed by atoms with E-state index in [9.17, 15) is 0 Å². The minimum absolute atomic E-state index is 0.424. The van der Waals surface area contributed by atoms with Crippen LogP contribution < -0.4 is 10.6 Å². The van der Waals surface area contributed by atoms with Crippen LogP contribution in [-0.4, -0.2) is 42.9 Å². The number of nitrogens with zero attached hydrogens (tertiary/aromatic N) is 2. The molecule has 1 aromatic rings. The minimum Gasteiger partial charge on any atom is -0.381 e. The number of nitrogens with one attached hydrogen (secondary N) is 2. The van der Waals surface area contributed by atoms with Crippen LogP contribution in [0, 0.1) is 0 Å². The molecule has 0 atom stereocenters. The van der Waals surface area contributed by atoms with Gasteiger partial charge in [0.05, 0.1) is 0 Å². The van der Waals surface area contributed by atoms with Crippen LogP contribution in [0.1, 0.15) is 25.6 Å². The molecule has 0 spiro atoms. The second kappa shape index (κ2) is 7.25. The Morgan fingerprint density at radius 3 is 2.74 bits per heavy atom. The number of hydrogen-bond acceptors (Lipinski definition) is 6. The molecular weight excluding hydrogens is 244 g/mol. The second-order valence-electron chi connectivity index (χ2n) is 4.47. The fourth-order valence-electron chi connectivity index (χ4n) is 2.01. The molecular formula is C13H22N4O2. The molecule has 19 heavy (non-hydrogen) atoms. The first-order chi connectivity index (χ1) is 9.31. The molecule has 1 aliphatic rings. The highest BCUT2D eigenvalue weighted by molar-refractivity contribution is 5.47. The summed E-state index contributed by atoms with van der Waals surface area (Å²) in [4.78, 5) is 8.86. The number of hydrogen-bond donors (Lipinski definition) is 2. The van der Waals surface area contributed by atoms with Gasteiger partial charge in [0, 0.05) is 39.0 Å². The Bertz CT molecular complexity index is 394. The van der Waals surface area contributed by atoms with Crippen LogP contribution >= 0.6 is 0 Å². The summed E-state index contributed by atoms with van der Waals surface area (Å²) < 4.78 is 10.7. The van der Waals surface area contributed by atoms with E-state index in [2.05, 4.69) is 20.6 Å². The molecule has 0 unspecified atom stereocenters.